The van der Waals surface area contributed by atoms with Crippen LogP contribution in [0, 0.1) is 0 Å². The highest BCUT2D eigenvalue weighted by Gasteiger charge is 2.33. The van der Waals surface area contributed by atoms with Crippen LogP contribution >= 0.6 is 0 Å². The third kappa shape index (κ3) is 3.10. The van der Waals surface area contributed by atoms with Gasteiger partial charge in [-0.3, -0.25) is 0 Å². The van der Waals surface area contributed by atoms with Crippen LogP contribution in [0.5, 0.6) is 23.1 Å². The number of aromatic nitrogens is 4. The number of aromatic hydroxyl groups is 1. The monoisotopic (exact) mass is 472 g/mol. The van der Waals surface area contributed by atoms with Gasteiger partial charge in [0, 0.05) is 23.1 Å². The number of phenolic OH excluding ortho intramolecular Hbond substituents is 1. The average Bonchev–Trinajstić information content (AvgIpc) is 3.36. The Balaban J connectivity index is 1.47. The van der Waals surface area contributed by atoms with E-state index < -0.39 is 0 Å². The van der Waals surface area contributed by atoms with Gasteiger partial charge in [0.1, 0.15) is 23.6 Å². The van der Waals surface area contributed by atoms with Crippen LogP contribution < -0.4 is 9.47 Å². The van der Waals surface area contributed by atoms with Gasteiger partial charge in [0.15, 0.2) is 11.5 Å². The number of hydrogen-bond acceptors (Lipinski definition) is 6. The van der Waals surface area contributed by atoms with Gasteiger partial charge in [-0.05, 0) is 34.5 Å². The van der Waals surface area contributed by atoms with Crippen LogP contribution in [0.15, 0.2) is 91.3 Å². The molecule has 0 bridgehead atoms. The molecule has 7 heteroatoms. The van der Waals surface area contributed by atoms with E-state index in [0.29, 0.717) is 23.1 Å². The standard InChI is InChI=1S/C29H20N4O3/c1-35-20-12-9-18(10-13-20)25-23-14-11-19(34)15-24(23)36-29-26(25)28-31-27(32-33(28)16-30-29)22-8-4-6-17-5-2-3-7-21(17)22/h2-16,25,34H,1H3. The van der Waals surface area contributed by atoms with Gasteiger partial charge in [-0.2, -0.15) is 0 Å². The van der Waals surface area contributed by atoms with Crippen molar-refractivity contribution in [3.05, 3.63) is 108 Å². The number of methoxy groups -OCH3 is 1. The van der Waals surface area contributed by atoms with Gasteiger partial charge in [-0.25, -0.2) is 14.5 Å². The van der Waals surface area contributed by atoms with Crippen LogP contribution in [0.3, 0.4) is 0 Å². The third-order valence-electron chi connectivity index (χ3n) is 6.67. The van der Waals surface area contributed by atoms with Gasteiger partial charge in [0.2, 0.25) is 5.88 Å². The molecule has 2 aromatic heterocycles. The van der Waals surface area contributed by atoms with Crippen molar-refractivity contribution in [2.45, 2.75) is 5.92 Å². The molecule has 6 aromatic rings. The number of phenols is 1. The summed E-state index contributed by atoms with van der Waals surface area (Å²) < 4.78 is 13.3. The Bertz CT molecular complexity index is 1770. The number of nitrogens with zero attached hydrogens (tertiary/aromatic N) is 4. The zero-order valence-electron chi connectivity index (χ0n) is 19.3. The summed E-state index contributed by atoms with van der Waals surface area (Å²) in [6.45, 7) is 0. The molecule has 1 unspecified atom stereocenters. The van der Waals surface area contributed by atoms with E-state index in [9.17, 15) is 5.11 Å². The highest BCUT2D eigenvalue weighted by Crippen LogP contribution is 2.49. The van der Waals surface area contributed by atoms with E-state index in [0.717, 1.165) is 38.8 Å². The molecule has 3 heterocycles. The van der Waals surface area contributed by atoms with Crippen molar-refractivity contribution in [2.75, 3.05) is 7.11 Å². The zero-order valence-corrected chi connectivity index (χ0v) is 19.3. The molecule has 36 heavy (non-hydrogen) atoms. The molecule has 0 aliphatic carbocycles. The summed E-state index contributed by atoms with van der Waals surface area (Å²) >= 11 is 0. The topological polar surface area (TPSA) is 81.8 Å². The Morgan fingerprint density at radius 2 is 1.78 bits per heavy atom. The van der Waals surface area contributed by atoms with Crippen LogP contribution in [0.2, 0.25) is 0 Å². The van der Waals surface area contributed by atoms with Crippen molar-refractivity contribution in [1.29, 1.82) is 0 Å². The number of hydrogen-bond donors (Lipinski definition) is 1. The summed E-state index contributed by atoms with van der Waals surface area (Å²) in [5.74, 6) is 2.30. The van der Waals surface area contributed by atoms with Gasteiger partial charge in [-0.15, -0.1) is 5.10 Å². The van der Waals surface area contributed by atoms with Crippen LogP contribution in [0.25, 0.3) is 27.8 Å². The van der Waals surface area contributed by atoms with E-state index in [1.54, 1.807) is 30.1 Å². The molecule has 7 rings (SSSR count). The fourth-order valence-corrected chi connectivity index (χ4v) is 4.98. The third-order valence-corrected chi connectivity index (χ3v) is 6.67. The van der Waals surface area contributed by atoms with E-state index in [-0.39, 0.29) is 11.7 Å². The molecule has 1 N–H and O–H groups in total. The van der Waals surface area contributed by atoms with Crippen LogP contribution in [0.4, 0.5) is 0 Å². The molecule has 0 saturated heterocycles. The summed E-state index contributed by atoms with van der Waals surface area (Å²) in [6.07, 6.45) is 1.62. The number of ether oxygens (including phenoxy) is 2. The SMILES string of the molecule is COc1ccc(C2c3ccc(O)cc3Oc3ncn4nc(-c5cccc6ccccc56)nc4c32)cc1. The molecule has 1 aliphatic rings. The number of fused-ring (bicyclic) bond motifs is 5. The lowest BCUT2D eigenvalue weighted by Crippen LogP contribution is -2.15. The van der Waals surface area contributed by atoms with Crippen LogP contribution in [-0.4, -0.2) is 31.8 Å². The van der Waals surface area contributed by atoms with E-state index in [1.165, 1.54) is 0 Å². The predicted octanol–water partition coefficient (Wildman–Crippen LogP) is 5.94. The molecule has 0 fully saturated rings. The van der Waals surface area contributed by atoms with E-state index >= 15 is 0 Å². The van der Waals surface area contributed by atoms with Gasteiger partial charge < -0.3 is 14.6 Å². The van der Waals surface area contributed by atoms with Crippen molar-refractivity contribution in [1.82, 2.24) is 19.6 Å². The lowest BCUT2D eigenvalue weighted by Gasteiger charge is -2.28. The van der Waals surface area contributed by atoms with Crippen LogP contribution in [0.1, 0.15) is 22.6 Å². The molecule has 0 saturated carbocycles. The first-order valence-corrected chi connectivity index (χ1v) is 11.6. The first-order chi connectivity index (χ1) is 17.7. The zero-order chi connectivity index (χ0) is 24.2. The van der Waals surface area contributed by atoms with E-state index in [4.69, 9.17) is 19.6 Å². The minimum absolute atomic E-state index is 0.132. The predicted molar refractivity (Wildman–Crippen MR) is 136 cm³/mol. The highest BCUT2D eigenvalue weighted by atomic mass is 16.5. The number of rotatable bonds is 3. The second kappa shape index (κ2) is 7.81. The Labute approximate surface area is 206 Å². The number of benzene rings is 4. The smallest absolute Gasteiger partial charge is 0.228 e. The summed E-state index contributed by atoms with van der Waals surface area (Å²) in [5, 5.41) is 17.1. The Morgan fingerprint density at radius 3 is 2.64 bits per heavy atom. The second-order valence-corrected chi connectivity index (χ2v) is 8.72. The summed E-state index contributed by atoms with van der Waals surface area (Å²) in [6, 6.07) is 27.4. The van der Waals surface area contributed by atoms with Crippen molar-refractivity contribution >= 4 is 16.4 Å². The first-order valence-electron chi connectivity index (χ1n) is 11.6. The maximum absolute atomic E-state index is 10.1. The second-order valence-electron chi connectivity index (χ2n) is 8.72. The van der Waals surface area contributed by atoms with Crippen molar-refractivity contribution in [3.8, 4) is 34.5 Å². The minimum Gasteiger partial charge on any atom is -0.508 e. The molecular formula is C29H20N4O3. The lowest BCUT2D eigenvalue weighted by atomic mass is 9.84. The largest absolute Gasteiger partial charge is 0.508 e. The molecule has 1 atom stereocenters. The average molecular weight is 473 g/mol. The molecule has 0 amide bonds. The fraction of sp³-hybridized carbons (Fsp3) is 0.0690. The van der Waals surface area contributed by atoms with Crippen molar-refractivity contribution in [3.63, 3.8) is 0 Å². The van der Waals surface area contributed by atoms with Gasteiger partial charge in [-0.1, -0.05) is 60.7 Å². The Hall–Kier alpha value is -4.91. The van der Waals surface area contributed by atoms with Gasteiger partial charge >= 0.3 is 0 Å². The minimum atomic E-state index is -0.226. The molecule has 4 aromatic carbocycles. The molecule has 1 aliphatic heterocycles. The van der Waals surface area contributed by atoms with E-state index in [1.807, 2.05) is 54.6 Å². The maximum atomic E-state index is 10.1. The van der Waals surface area contributed by atoms with Crippen molar-refractivity contribution < 1.29 is 14.6 Å². The Morgan fingerprint density at radius 1 is 0.944 bits per heavy atom. The summed E-state index contributed by atoms with van der Waals surface area (Å²) in [4.78, 5) is 9.59. The molecule has 0 radical (unpaired) electrons. The van der Waals surface area contributed by atoms with Gasteiger partial charge in [0.25, 0.3) is 0 Å². The molecule has 0 spiro atoms. The normalized spacial score (nSPS) is 14.3. The fourth-order valence-electron chi connectivity index (χ4n) is 4.98. The first kappa shape index (κ1) is 20.5. The lowest BCUT2D eigenvalue weighted by molar-refractivity contribution is 0.414. The van der Waals surface area contributed by atoms with Crippen molar-refractivity contribution in [2.24, 2.45) is 0 Å². The quantitative estimate of drug-likeness (QED) is 0.343. The molecule has 174 valence electrons. The van der Waals surface area contributed by atoms with Gasteiger partial charge in [0.05, 0.1) is 12.7 Å². The maximum Gasteiger partial charge on any atom is 0.228 e. The van der Waals surface area contributed by atoms with E-state index in [2.05, 4.69) is 23.2 Å². The highest BCUT2D eigenvalue weighted by molar-refractivity contribution is 5.95. The summed E-state index contributed by atoms with van der Waals surface area (Å²) in [7, 11) is 1.65. The Kier molecular flexibility index (Phi) is 4.44. The van der Waals surface area contributed by atoms with Crippen LogP contribution in [-0.2, 0) is 0 Å². The summed E-state index contributed by atoms with van der Waals surface area (Å²) in [5.41, 5.74) is 4.38. The molecule has 7 nitrogen and oxygen atoms in total. The molecular weight excluding hydrogens is 452 g/mol.